The van der Waals surface area contributed by atoms with Gasteiger partial charge in [0.1, 0.15) is 0 Å². The highest BCUT2D eigenvalue weighted by Crippen LogP contribution is 2.45. The van der Waals surface area contributed by atoms with E-state index in [0.29, 0.717) is 14.6 Å². The zero-order valence-electron chi connectivity index (χ0n) is 16.4. The van der Waals surface area contributed by atoms with E-state index >= 15 is 0 Å². The molecule has 3 aliphatic heterocycles. The van der Waals surface area contributed by atoms with Gasteiger partial charge in [-0.15, -0.1) is 0 Å². The van der Waals surface area contributed by atoms with Crippen LogP contribution in [0.4, 0.5) is 4.39 Å². The average molecular weight is 401 g/mol. The number of methoxy groups -OCH3 is 1. The molecule has 1 aromatic carbocycles. The Balaban J connectivity index is 1.53. The summed E-state index contributed by atoms with van der Waals surface area (Å²) >= 11 is 0. The highest BCUT2D eigenvalue weighted by Gasteiger charge is 2.31. The molecule has 28 heavy (non-hydrogen) atoms. The summed E-state index contributed by atoms with van der Waals surface area (Å²) < 4.78 is 19.1. The van der Waals surface area contributed by atoms with Crippen LogP contribution in [0.25, 0.3) is 5.31 Å². The minimum absolute atomic E-state index is 0.00587. The second kappa shape index (κ2) is 7.69. The SMILES string of the molecule is COc1ccc(C2=CC(=O)N3C=C(N4CC[C@@H](N(C)C)C4)C=CC3P2)cc1F. The third-order valence-electron chi connectivity index (χ3n) is 5.57. The van der Waals surface area contributed by atoms with E-state index in [9.17, 15) is 9.18 Å². The van der Waals surface area contributed by atoms with Crippen LogP contribution in [-0.2, 0) is 4.79 Å². The fraction of sp³-hybridized carbons (Fsp3) is 0.381. The molecule has 0 aliphatic carbocycles. The van der Waals surface area contributed by atoms with Crippen molar-refractivity contribution in [2.45, 2.75) is 18.2 Å². The Morgan fingerprint density at radius 1 is 1.32 bits per heavy atom. The van der Waals surface area contributed by atoms with Gasteiger partial charge in [-0.3, -0.25) is 4.79 Å². The summed E-state index contributed by atoms with van der Waals surface area (Å²) in [5, 5.41) is 0.878. The number of hydrogen-bond acceptors (Lipinski definition) is 4. The maximum absolute atomic E-state index is 14.1. The Hall–Kier alpha value is -2.17. The fourth-order valence-corrected chi connectivity index (χ4v) is 5.23. The van der Waals surface area contributed by atoms with Crippen molar-refractivity contribution in [3.63, 3.8) is 0 Å². The third kappa shape index (κ3) is 3.59. The lowest BCUT2D eigenvalue weighted by molar-refractivity contribution is -0.123. The fourth-order valence-electron chi connectivity index (χ4n) is 3.85. The molecule has 7 heteroatoms. The second-order valence-corrected chi connectivity index (χ2v) is 8.93. The van der Waals surface area contributed by atoms with Crippen molar-refractivity contribution >= 4 is 19.8 Å². The number of amides is 1. The van der Waals surface area contributed by atoms with Crippen LogP contribution in [0.3, 0.4) is 0 Å². The number of allylic oxidation sites excluding steroid dienone is 1. The van der Waals surface area contributed by atoms with Crippen molar-refractivity contribution in [2.75, 3.05) is 34.3 Å². The first kappa shape index (κ1) is 19.2. The lowest BCUT2D eigenvalue weighted by Gasteiger charge is -2.35. The highest BCUT2D eigenvalue weighted by atomic mass is 31.1. The molecule has 3 atom stereocenters. The minimum Gasteiger partial charge on any atom is -0.494 e. The predicted octanol–water partition coefficient (Wildman–Crippen LogP) is 3.07. The first-order valence-electron chi connectivity index (χ1n) is 9.42. The van der Waals surface area contributed by atoms with E-state index in [0.717, 1.165) is 36.1 Å². The number of rotatable bonds is 4. The lowest BCUT2D eigenvalue weighted by Crippen LogP contribution is -2.38. The van der Waals surface area contributed by atoms with Crippen LogP contribution in [-0.4, -0.2) is 66.7 Å². The van der Waals surface area contributed by atoms with E-state index in [2.05, 4.69) is 36.0 Å². The molecular formula is C21H25FN3O2P. The van der Waals surface area contributed by atoms with Gasteiger partial charge in [0.2, 0.25) is 0 Å². The van der Waals surface area contributed by atoms with Crippen LogP contribution >= 0.6 is 8.58 Å². The van der Waals surface area contributed by atoms with E-state index in [4.69, 9.17) is 4.74 Å². The molecule has 5 nitrogen and oxygen atoms in total. The number of nitrogens with zero attached hydrogens (tertiary/aromatic N) is 3. The van der Waals surface area contributed by atoms with Gasteiger partial charge >= 0.3 is 0 Å². The van der Waals surface area contributed by atoms with Gasteiger partial charge in [-0.05, 0) is 49.6 Å². The van der Waals surface area contributed by atoms with Gasteiger partial charge in [0.05, 0.1) is 18.6 Å². The van der Waals surface area contributed by atoms with Crippen LogP contribution < -0.4 is 4.74 Å². The van der Waals surface area contributed by atoms with Gasteiger partial charge in [0.15, 0.2) is 11.6 Å². The molecule has 1 amide bonds. The van der Waals surface area contributed by atoms with Gasteiger partial charge in [0, 0.05) is 31.4 Å². The molecule has 0 aromatic heterocycles. The monoisotopic (exact) mass is 401 g/mol. The molecule has 1 fully saturated rings. The molecule has 3 aliphatic rings. The summed E-state index contributed by atoms with van der Waals surface area (Å²) in [5.74, 6) is -0.261. The zero-order valence-corrected chi connectivity index (χ0v) is 17.4. The number of ether oxygens (including phenoxy) is 1. The predicted molar refractivity (Wildman–Crippen MR) is 111 cm³/mol. The van der Waals surface area contributed by atoms with Gasteiger partial charge in [-0.25, -0.2) is 4.39 Å². The number of fused-ring (bicyclic) bond motifs is 1. The number of likely N-dealkylation sites (tertiary alicyclic amines) is 1. The van der Waals surface area contributed by atoms with Crippen molar-refractivity contribution in [1.29, 1.82) is 0 Å². The molecule has 0 saturated carbocycles. The van der Waals surface area contributed by atoms with Gasteiger partial charge in [-0.1, -0.05) is 20.7 Å². The summed E-state index contributed by atoms with van der Waals surface area (Å²) in [6.45, 7) is 1.98. The van der Waals surface area contributed by atoms with Gasteiger partial charge < -0.3 is 19.4 Å². The second-order valence-electron chi connectivity index (χ2n) is 7.51. The first-order chi connectivity index (χ1) is 13.5. The summed E-state index contributed by atoms with van der Waals surface area (Å²) in [6, 6.07) is 5.40. The largest absolute Gasteiger partial charge is 0.494 e. The van der Waals surface area contributed by atoms with Crippen molar-refractivity contribution in [2.24, 2.45) is 0 Å². The molecule has 0 spiro atoms. The maximum Gasteiger partial charge on any atom is 0.252 e. The summed E-state index contributed by atoms with van der Waals surface area (Å²) in [5.41, 5.74) is 1.83. The molecule has 2 unspecified atom stereocenters. The molecule has 148 valence electrons. The van der Waals surface area contributed by atoms with E-state index in [1.54, 1.807) is 17.0 Å². The van der Waals surface area contributed by atoms with Crippen LogP contribution in [0, 0.1) is 5.82 Å². The Morgan fingerprint density at radius 2 is 2.14 bits per heavy atom. The smallest absolute Gasteiger partial charge is 0.252 e. The number of carbonyl (C=O) groups is 1. The first-order valence-corrected chi connectivity index (χ1v) is 10.5. The molecule has 0 bridgehead atoms. The molecule has 1 aromatic rings. The normalized spacial score (nSPS) is 25.2. The Kier molecular flexibility index (Phi) is 5.26. The number of benzene rings is 1. The average Bonchev–Trinajstić information content (AvgIpc) is 3.18. The Labute approximate surface area is 166 Å². The Morgan fingerprint density at radius 3 is 2.82 bits per heavy atom. The summed E-state index contributed by atoms with van der Waals surface area (Å²) in [6.07, 6.45) is 8.96. The molecule has 1 saturated heterocycles. The molecule has 4 rings (SSSR count). The third-order valence-corrected chi connectivity index (χ3v) is 7.08. The minimum atomic E-state index is -0.411. The number of likely N-dealkylation sites (N-methyl/N-ethyl adjacent to an activating group) is 1. The van der Waals surface area contributed by atoms with E-state index in [1.807, 2.05) is 12.3 Å². The van der Waals surface area contributed by atoms with Crippen LogP contribution in [0.1, 0.15) is 12.0 Å². The van der Waals surface area contributed by atoms with Crippen LogP contribution in [0.5, 0.6) is 5.75 Å². The Bertz CT molecular complexity index is 880. The number of halogens is 1. The number of hydrogen-bond donors (Lipinski definition) is 0. The molecular weight excluding hydrogens is 376 g/mol. The van der Waals surface area contributed by atoms with Gasteiger partial charge in [-0.2, -0.15) is 0 Å². The van der Waals surface area contributed by atoms with Crippen molar-refractivity contribution < 1.29 is 13.9 Å². The van der Waals surface area contributed by atoms with Crippen molar-refractivity contribution in [3.05, 3.63) is 59.7 Å². The summed E-state index contributed by atoms with van der Waals surface area (Å²) in [7, 11) is 6.03. The van der Waals surface area contributed by atoms with Gasteiger partial charge in [0.25, 0.3) is 5.91 Å². The highest BCUT2D eigenvalue weighted by molar-refractivity contribution is 7.51. The van der Waals surface area contributed by atoms with E-state index < -0.39 is 5.82 Å². The standard InChI is InChI=1S/C21H25FN3O2P/c1-23(2)15-8-9-24(12-15)16-5-7-21-25(13-16)20(26)11-19(28-21)14-4-6-18(27-3)17(22)10-14/h4-7,10-11,13,15,21,28H,8-9,12H2,1-3H3/t15-,21?/m1/s1. The molecule has 0 radical (unpaired) electrons. The van der Waals surface area contributed by atoms with Crippen molar-refractivity contribution in [3.8, 4) is 5.75 Å². The van der Waals surface area contributed by atoms with Crippen LogP contribution in [0.2, 0.25) is 0 Å². The summed E-state index contributed by atoms with van der Waals surface area (Å²) in [4.78, 5) is 19.2. The van der Waals surface area contributed by atoms with E-state index in [1.165, 1.54) is 13.2 Å². The van der Waals surface area contributed by atoms with E-state index in [-0.39, 0.29) is 17.4 Å². The molecule has 0 N–H and O–H groups in total. The topological polar surface area (TPSA) is 36.0 Å². The zero-order chi connectivity index (χ0) is 19.8. The van der Waals surface area contributed by atoms with Crippen LogP contribution in [0.15, 0.2) is 48.3 Å². The lowest BCUT2D eigenvalue weighted by atomic mass is 10.1. The quantitative estimate of drug-likeness (QED) is 0.727. The maximum atomic E-state index is 14.1. The molecule has 3 heterocycles. The van der Waals surface area contributed by atoms with Crippen molar-refractivity contribution in [1.82, 2.24) is 14.7 Å². The number of carbonyl (C=O) groups excluding carboxylic acids is 1.